The Bertz CT molecular complexity index is 2950. The number of carbonyl (C=O) groups is 8. The first-order chi connectivity index (χ1) is 40.3. The summed E-state index contributed by atoms with van der Waals surface area (Å²) < 4.78 is 9.19. The van der Waals surface area contributed by atoms with Crippen LogP contribution in [0.1, 0.15) is 98.8 Å². The molecule has 1 unspecified atom stereocenters. The number of nitrogens with one attached hydrogen (secondary N) is 4. The summed E-state index contributed by atoms with van der Waals surface area (Å²) in [5.41, 5.74) is 2.94. The fourth-order valence-corrected chi connectivity index (χ4v) is 11.8. The molecule has 21 nitrogen and oxygen atoms in total. The van der Waals surface area contributed by atoms with Gasteiger partial charge in [0.2, 0.25) is 11.8 Å². The van der Waals surface area contributed by atoms with E-state index in [1.54, 1.807) is 56.3 Å². The second-order valence-corrected chi connectivity index (χ2v) is 24.4. The average Bonchev–Trinajstić information content (AvgIpc) is 3.42. The molecule has 3 fully saturated rings. The average molecular weight is 1290 g/mol. The molecule has 0 aromatic heterocycles. The van der Waals surface area contributed by atoms with Crippen LogP contribution in [0.4, 0.5) is 0 Å². The Hall–Kier alpha value is -4.27. The quantitative estimate of drug-likeness (QED) is 0.0103. The van der Waals surface area contributed by atoms with E-state index in [0.29, 0.717) is 17.2 Å². The van der Waals surface area contributed by atoms with Crippen molar-refractivity contribution in [1.82, 2.24) is 31.1 Å². The molecule has 3 aliphatic rings. The Morgan fingerprint density at radius 2 is 1.13 bits per heavy atom. The van der Waals surface area contributed by atoms with Crippen molar-refractivity contribution in [2.24, 2.45) is 0 Å². The first kappa shape index (κ1) is 78.8. The topological polar surface area (TPSA) is 303 Å². The number of benzene rings is 4. The molecule has 4 aromatic carbocycles. The molecule has 0 spiro atoms. The number of ether oxygens (including phenoxy) is 2. The monoisotopic (exact) mass is 1290 g/mol. The van der Waals surface area contributed by atoms with Crippen LogP contribution < -0.4 is 134 Å². The molecule has 0 aliphatic carbocycles. The van der Waals surface area contributed by atoms with E-state index in [9.17, 15) is 48.9 Å². The van der Waals surface area contributed by atoms with Crippen LogP contribution >= 0.6 is 23.5 Å². The van der Waals surface area contributed by atoms with Gasteiger partial charge in [0.15, 0.2) is 12.2 Å². The number of nitrogens with zero attached hydrogens (tertiary/aromatic N) is 2. The summed E-state index contributed by atoms with van der Waals surface area (Å²) in [6.07, 6.45) is 3.31. The maximum Gasteiger partial charge on any atom is 1.00 e. The number of aliphatic hydroxyl groups excluding tert-OH is 2. The van der Waals surface area contributed by atoms with Crippen molar-refractivity contribution in [3.63, 3.8) is 0 Å². The smallest absolute Gasteiger partial charge is 1.00 e. The minimum atomic E-state index is -1.63. The fourth-order valence-electron chi connectivity index (χ4n) is 9.49. The molecule has 4 aromatic rings. The maximum atomic E-state index is 13.7. The van der Waals surface area contributed by atoms with Crippen LogP contribution in [-0.4, -0.2) is 156 Å². The van der Waals surface area contributed by atoms with Crippen LogP contribution in [0.3, 0.4) is 0 Å². The zero-order valence-corrected chi connectivity index (χ0v) is 59.1. The maximum absolute atomic E-state index is 13.7. The third kappa shape index (κ3) is 23.8. The molecule has 6 amide bonds. The van der Waals surface area contributed by atoms with Crippen LogP contribution in [0.15, 0.2) is 122 Å². The van der Waals surface area contributed by atoms with Gasteiger partial charge in [0, 0.05) is 58.4 Å². The second kappa shape index (κ2) is 39.1. The molecular formula is C62H80K2N6O15S2. The first-order valence-corrected chi connectivity index (χ1v) is 29.4. The molecule has 25 heteroatoms. The molecular weight excluding hydrogens is 1210 g/mol. The Kier molecular flexibility index (Phi) is 35.4. The molecule has 0 radical (unpaired) electrons. The van der Waals surface area contributed by atoms with Crippen molar-refractivity contribution in [3.05, 3.63) is 156 Å². The third-order valence-electron chi connectivity index (χ3n) is 14.0. The van der Waals surface area contributed by atoms with E-state index >= 15 is 0 Å². The van der Waals surface area contributed by atoms with Crippen molar-refractivity contribution in [3.8, 4) is 11.5 Å². The van der Waals surface area contributed by atoms with Crippen molar-refractivity contribution in [2.75, 3.05) is 31.4 Å². The number of hydrogen-bond donors (Lipinski definition) is 7. The van der Waals surface area contributed by atoms with Crippen LogP contribution in [0.2, 0.25) is 0 Å². The van der Waals surface area contributed by atoms with Gasteiger partial charge >= 0.3 is 109 Å². The van der Waals surface area contributed by atoms with E-state index in [1.165, 1.54) is 59.2 Å². The van der Waals surface area contributed by atoms with Crippen LogP contribution in [0.5, 0.6) is 11.5 Å². The number of aliphatic hydroxyl groups is 2. The summed E-state index contributed by atoms with van der Waals surface area (Å²) in [6, 6.07) is 24.1. The summed E-state index contributed by atoms with van der Waals surface area (Å²) >= 11 is 2.88. The van der Waals surface area contributed by atoms with Crippen LogP contribution in [0, 0.1) is 13.8 Å². The standard InChI is InChI=1S/C29H35N3O6S.C27H33N3O5S.C5H10O.CH2O3.2K.H/c1-6-15-30-27(36)25-29(4,5)39-17-32(25)28(37)24(34)22(16-20-11-8-7-9-12-20)31-26(35)21-13-10-14-23(18(21)2)38-19(3)33;1-5-14-28-25(34)23-27(3,4)36-16-30(23)26(35)22(32)20(15-18-10-7-6-8-11-18)29-24(33)19-12-9-13-21(31)17(19)2;1-5-3-2-4-6-5;2-1-4-3;;;/h6-14,22,24-25,34H,1,15-17H2,2-5H3,(H,30,36)(H,31,35);5-13,20,22-23,31-32H,1,14-16H2,2-4H3,(H,28,34)(H,29,33);5H,2-4H2,1H3;1,3H;;;/q;;;;2*+1;-1/p-1/t22-,24-,25+;20-,22-,23+;;;;;/m00...../s1. The van der Waals surface area contributed by atoms with Gasteiger partial charge in [-0.05, 0) is 110 Å². The zero-order chi connectivity index (χ0) is 63.0. The van der Waals surface area contributed by atoms with Gasteiger partial charge in [-0.3, -0.25) is 38.4 Å². The molecule has 0 saturated carbocycles. The number of hydrogen-bond acceptors (Lipinski definition) is 17. The Labute approximate surface area is 604 Å². The summed E-state index contributed by atoms with van der Waals surface area (Å²) in [7, 11) is 0. The summed E-state index contributed by atoms with van der Waals surface area (Å²) in [5.74, 6) is -2.87. The third-order valence-corrected chi connectivity index (χ3v) is 16.8. The number of esters is 1. The Morgan fingerprint density at radius 1 is 0.713 bits per heavy atom. The first-order valence-electron chi connectivity index (χ1n) is 27.5. The predicted molar refractivity (Wildman–Crippen MR) is 324 cm³/mol. The van der Waals surface area contributed by atoms with Crippen molar-refractivity contribution in [2.45, 2.75) is 133 Å². The number of aromatic hydroxyl groups is 1. The Morgan fingerprint density at radius 3 is 1.48 bits per heavy atom. The van der Waals surface area contributed by atoms with E-state index < -0.39 is 75.5 Å². The van der Waals surface area contributed by atoms with Crippen molar-refractivity contribution < 1.29 is 177 Å². The largest absolute Gasteiger partial charge is 1.00 e. The van der Waals surface area contributed by atoms with Gasteiger partial charge < -0.3 is 67.4 Å². The zero-order valence-electron chi connectivity index (χ0n) is 52.2. The summed E-state index contributed by atoms with van der Waals surface area (Å²) in [4.78, 5) is 105. The summed E-state index contributed by atoms with van der Waals surface area (Å²) in [6.45, 7) is 22.7. The molecule has 462 valence electrons. The molecule has 0 bridgehead atoms. The Balaban J connectivity index is 0.000000738. The molecule has 3 heterocycles. The normalized spacial score (nSPS) is 18.0. The van der Waals surface area contributed by atoms with Crippen LogP contribution in [0.25, 0.3) is 0 Å². The van der Waals surface area contributed by atoms with E-state index in [0.717, 1.165) is 17.7 Å². The minimum Gasteiger partial charge on any atom is -1.00 e. The van der Waals surface area contributed by atoms with E-state index in [1.807, 2.05) is 88.4 Å². The molecule has 7 rings (SSSR count). The van der Waals surface area contributed by atoms with Crippen LogP contribution in [-0.2, 0) is 51.2 Å². The van der Waals surface area contributed by atoms with Crippen molar-refractivity contribution >= 4 is 71.4 Å². The number of carbonyl (C=O) groups excluding carboxylic acids is 8. The van der Waals surface area contributed by atoms with Crippen molar-refractivity contribution in [1.29, 1.82) is 0 Å². The van der Waals surface area contributed by atoms with Gasteiger partial charge in [-0.25, -0.2) is 0 Å². The summed E-state index contributed by atoms with van der Waals surface area (Å²) in [5, 5.41) is 52.1. The molecule has 7 atom stereocenters. The molecule has 3 saturated heterocycles. The number of phenols is 1. The second-order valence-electron chi connectivity index (χ2n) is 21.2. The molecule has 3 aliphatic heterocycles. The van der Waals surface area contributed by atoms with Gasteiger partial charge in [0.05, 0.1) is 29.9 Å². The number of phenolic OH excluding ortho intramolecular Hbond substituents is 1. The fraction of sp³-hybridized carbons (Fsp3) is 0.419. The number of amides is 6. The molecule has 87 heavy (non-hydrogen) atoms. The minimum absolute atomic E-state index is 0. The van der Waals surface area contributed by atoms with E-state index in [2.05, 4.69) is 46.2 Å². The van der Waals surface area contributed by atoms with E-state index in [4.69, 9.17) is 19.5 Å². The van der Waals surface area contributed by atoms with Gasteiger partial charge in [-0.2, -0.15) is 0 Å². The van der Waals surface area contributed by atoms with Gasteiger partial charge in [0.25, 0.3) is 30.1 Å². The van der Waals surface area contributed by atoms with E-state index in [-0.39, 0.29) is 183 Å². The van der Waals surface area contributed by atoms with Gasteiger partial charge in [-0.1, -0.05) is 84.9 Å². The number of thioether (sulfide) groups is 2. The molecule has 7 N–H and O–H groups in total. The predicted octanol–water partition coefficient (Wildman–Crippen LogP) is -1.27. The van der Waals surface area contributed by atoms with Gasteiger partial charge in [-0.15, -0.1) is 36.7 Å². The number of rotatable bonds is 20. The van der Waals surface area contributed by atoms with Gasteiger partial charge in [0.1, 0.15) is 23.6 Å². The SMILES string of the molecule is C=CCNC(=O)[C@H]1N(C(=O)[C@@H](O)[C@H](Cc2ccccc2)NC(=O)c2cccc(O)c2C)CSC1(C)C.C=CCNC(=O)[C@H]1N(C(=O)[C@@H](O)[C@H](Cc2ccccc2)NC(=O)c2cccc(OC(C)=O)c2C)CSC1(C)C.CC1CCCO1.O=CO[O-].[H-].[K+].[K+].